The van der Waals surface area contributed by atoms with Crippen molar-refractivity contribution in [3.8, 4) is 0 Å². The van der Waals surface area contributed by atoms with E-state index in [2.05, 4.69) is 4.98 Å². The molecule has 1 aromatic heterocycles. The molecule has 2 unspecified atom stereocenters. The average molecular weight is 247 g/mol. The van der Waals surface area contributed by atoms with Gasteiger partial charge in [0.15, 0.2) is 0 Å². The van der Waals surface area contributed by atoms with Gasteiger partial charge in [-0.1, -0.05) is 0 Å². The number of alkyl halides is 3. The fourth-order valence-corrected chi connectivity index (χ4v) is 1.78. The molecule has 0 bridgehead atoms. The Morgan fingerprint density at radius 3 is 2.47 bits per heavy atom. The predicted molar refractivity (Wildman–Crippen MR) is 52.9 cm³/mol. The lowest BCUT2D eigenvalue weighted by Gasteiger charge is -2.21. The Labute approximate surface area is 95.9 Å². The van der Waals surface area contributed by atoms with Crippen molar-refractivity contribution in [3.63, 3.8) is 0 Å². The van der Waals surface area contributed by atoms with Gasteiger partial charge in [-0.2, -0.15) is 13.2 Å². The Hall–Kier alpha value is -1.14. The molecule has 0 aromatic carbocycles. The minimum absolute atomic E-state index is 0.105. The first-order valence-corrected chi connectivity index (χ1v) is 5.28. The highest BCUT2D eigenvalue weighted by Gasteiger charge is 2.40. The summed E-state index contributed by atoms with van der Waals surface area (Å²) in [6, 6.07) is 0.804. The Morgan fingerprint density at radius 1 is 1.29 bits per heavy atom. The van der Waals surface area contributed by atoms with Gasteiger partial charge in [0.2, 0.25) is 0 Å². The van der Waals surface area contributed by atoms with E-state index in [-0.39, 0.29) is 11.5 Å². The van der Waals surface area contributed by atoms with Crippen LogP contribution in [0.3, 0.4) is 0 Å². The van der Waals surface area contributed by atoms with Gasteiger partial charge in [0.05, 0.1) is 11.7 Å². The minimum Gasteiger partial charge on any atom is -0.390 e. The molecule has 1 aromatic rings. The second-order valence-electron chi connectivity index (χ2n) is 4.23. The number of aromatic nitrogens is 1. The number of hydrogen-bond acceptors (Lipinski definition) is 3. The topological polar surface area (TPSA) is 53.4 Å². The molecule has 0 aliphatic heterocycles. The van der Waals surface area contributed by atoms with Gasteiger partial charge < -0.3 is 10.2 Å². The van der Waals surface area contributed by atoms with E-state index < -0.39 is 23.9 Å². The van der Waals surface area contributed by atoms with Gasteiger partial charge in [-0.25, -0.2) is 0 Å². The van der Waals surface area contributed by atoms with Crippen LogP contribution in [0.15, 0.2) is 18.5 Å². The van der Waals surface area contributed by atoms with Crippen LogP contribution in [0.4, 0.5) is 13.2 Å². The van der Waals surface area contributed by atoms with Crippen LogP contribution in [-0.4, -0.2) is 21.3 Å². The van der Waals surface area contributed by atoms with Gasteiger partial charge in [0, 0.05) is 18.0 Å². The van der Waals surface area contributed by atoms with Crippen molar-refractivity contribution in [1.82, 2.24) is 4.98 Å². The molecule has 3 nitrogen and oxygen atoms in total. The normalized spacial score (nSPS) is 20.1. The van der Waals surface area contributed by atoms with Crippen LogP contribution in [0, 0.1) is 5.92 Å². The zero-order valence-electron chi connectivity index (χ0n) is 8.85. The molecule has 2 atom stereocenters. The van der Waals surface area contributed by atoms with Crippen LogP contribution in [0.25, 0.3) is 0 Å². The Morgan fingerprint density at radius 2 is 1.94 bits per heavy atom. The Balaban J connectivity index is 2.30. The van der Waals surface area contributed by atoms with E-state index in [1.165, 1.54) is 0 Å². The first kappa shape index (κ1) is 12.3. The summed E-state index contributed by atoms with van der Waals surface area (Å²) in [5.41, 5.74) is -1.31. The lowest BCUT2D eigenvalue weighted by molar-refractivity contribution is -0.140. The van der Waals surface area contributed by atoms with Crippen LogP contribution in [0.1, 0.15) is 30.1 Å². The summed E-state index contributed by atoms with van der Waals surface area (Å²) < 4.78 is 38.0. The fraction of sp³-hybridized carbons (Fsp3) is 0.545. The molecular weight excluding hydrogens is 235 g/mol. The van der Waals surface area contributed by atoms with Crippen molar-refractivity contribution in [2.45, 2.75) is 31.2 Å². The number of pyridine rings is 1. The lowest BCUT2D eigenvalue weighted by Crippen LogP contribution is -2.23. The van der Waals surface area contributed by atoms with Gasteiger partial charge in [-0.15, -0.1) is 0 Å². The molecule has 6 heteroatoms. The van der Waals surface area contributed by atoms with E-state index in [9.17, 15) is 23.4 Å². The molecule has 1 saturated carbocycles. The van der Waals surface area contributed by atoms with Gasteiger partial charge in [0.25, 0.3) is 0 Å². The zero-order chi connectivity index (χ0) is 12.6. The van der Waals surface area contributed by atoms with Crippen LogP contribution in [0.2, 0.25) is 0 Å². The number of rotatable bonds is 3. The number of nitrogens with zero attached hydrogens (tertiary/aromatic N) is 1. The Kier molecular flexibility index (Phi) is 3.09. The second kappa shape index (κ2) is 4.27. The maximum atomic E-state index is 12.7. The first-order chi connectivity index (χ1) is 7.91. The average Bonchev–Trinajstić information content (AvgIpc) is 3.10. The molecule has 1 heterocycles. The van der Waals surface area contributed by atoms with Crippen LogP contribution >= 0.6 is 0 Å². The smallest absolute Gasteiger partial charge is 0.390 e. The molecule has 1 aliphatic carbocycles. The fourth-order valence-electron chi connectivity index (χ4n) is 1.78. The molecule has 1 aliphatic rings. The van der Waals surface area contributed by atoms with Crippen molar-refractivity contribution in [2.75, 3.05) is 0 Å². The van der Waals surface area contributed by atoms with Crippen molar-refractivity contribution in [3.05, 3.63) is 29.6 Å². The Bertz CT molecular complexity index is 404. The van der Waals surface area contributed by atoms with Crippen molar-refractivity contribution >= 4 is 0 Å². The summed E-state index contributed by atoms with van der Waals surface area (Å²) in [5, 5.41) is 19.4. The zero-order valence-corrected chi connectivity index (χ0v) is 8.85. The third-order valence-corrected chi connectivity index (χ3v) is 2.90. The summed E-state index contributed by atoms with van der Waals surface area (Å²) in [5.74, 6) is -0.105. The highest BCUT2D eigenvalue weighted by molar-refractivity contribution is 5.29. The molecule has 17 heavy (non-hydrogen) atoms. The molecule has 0 spiro atoms. The molecule has 0 amide bonds. The summed E-state index contributed by atoms with van der Waals surface area (Å²) in [7, 11) is 0. The van der Waals surface area contributed by atoms with E-state index in [1.54, 1.807) is 0 Å². The second-order valence-corrected chi connectivity index (χ2v) is 4.23. The lowest BCUT2D eigenvalue weighted by atomic mass is 9.98. The molecule has 1 fully saturated rings. The first-order valence-electron chi connectivity index (χ1n) is 5.28. The third-order valence-electron chi connectivity index (χ3n) is 2.90. The minimum atomic E-state index is -4.55. The summed E-state index contributed by atoms with van der Waals surface area (Å²) >= 11 is 0. The van der Waals surface area contributed by atoms with Gasteiger partial charge in [0.1, 0.15) is 6.10 Å². The molecule has 2 rings (SSSR count). The number of aliphatic hydroxyl groups excluding tert-OH is 2. The van der Waals surface area contributed by atoms with Gasteiger partial charge >= 0.3 is 6.18 Å². The summed E-state index contributed by atoms with van der Waals surface area (Å²) in [4.78, 5) is 3.57. The van der Waals surface area contributed by atoms with E-state index in [1.807, 2.05) is 0 Å². The van der Waals surface area contributed by atoms with Crippen molar-refractivity contribution in [1.29, 1.82) is 0 Å². The standard InChI is InChI=1S/C11H12F3NO2/c12-11(13,14)8-3-4-15-5-7(8)10(17)9(16)6-1-2-6/h3-6,9-10,16-17H,1-2H2. The third kappa shape index (κ3) is 2.58. The molecule has 2 N–H and O–H groups in total. The van der Waals surface area contributed by atoms with Gasteiger partial charge in [-0.3, -0.25) is 4.98 Å². The van der Waals surface area contributed by atoms with E-state index in [4.69, 9.17) is 0 Å². The van der Waals surface area contributed by atoms with Gasteiger partial charge in [-0.05, 0) is 24.8 Å². The highest BCUT2D eigenvalue weighted by Crippen LogP contribution is 2.41. The maximum absolute atomic E-state index is 12.7. The van der Waals surface area contributed by atoms with E-state index in [0.29, 0.717) is 0 Å². The number of halogens is 3. The van der Waals surface area contributed by atoms with Crippen LogP contribution < -0.4 is 0 Å². The van der Waals surface area contributed by atoms with Crippen LogP contribution in [-0.2, 0) is 6.18 Å². The largest absolute Gasteiger partial charge is 0.416 e. The SMILES string of the molecule is OC(c1cnccc1C(F)(F)F)C(O)C1CC1. The number of hydrogen-bond donors (Lipinski definition) is 2. The van der Waals surface area contributed by atoms with Crippen LogP contribution in [0.5, 0.6) is 0 Å². The molecule has 0 saturated heterocycles. The molecule has 94 valence electrons. The highest BCUT2D eigenvalue weighted by atomic mass is 19.4. The summed E-state index contributed by atoms with van der Waals surface area (Å²) in [6.45, 7) is 0. The molecular formula is C11H12F3NO2. The van der Waals surface area contributed by atoms with E-state index in [0.717, 1.165) is 31.3 Å². The monoisotopic (exact) mass is 247 g/mol. The quantitative estimate of drug-likeness (QED) is 0.857. The number of aliphatic hydroxyl groups is 2. The van der Waals surface area contributed by atoms with E-state index >= 15 is 0 Å². The summed E-state index contributed by atoms with van der Waals surface area (Å²) in [6.07, 6.45) is -3.79. The van der Waals surface area contributed by atoms with Crippen molar-refractivity contribution < 1.29 is 23.4 Å². The molecule has 0 radical (unpaired) electrons. The maximum Gasteiger partial charge on any atom is 0.416 e. The predicted octanol–water partition coefficient (Wildman–Crippen LogP) is 1.90. The van der Waals surface area contributed by atoms with Crippen molar-refractivity contribution in [2.24, 2.45) is 5.92 Å².